The standard InChI is InChI=1S/C12H22N2O/c1-5-7-10(6-2)12-11(8-14(3)4)13-9-15-12/h9-10H,5-8H2,1-4H3. The van der Waals surface area contributed by atoms with Crippen LogP contribution in [0.5, 0.6) is 0 Å². The molecule has 86 valence electrons. The van der Waals surface area contributed by atoms with E-state index in [1.807, 2.05) is 0 Å². The molecule has 0 radical (unpaired) electrons. The molecule has 1 unspecified atom stereocenters. The van der Waals surface area contributed by atoms with Crippen molar-refractivity contribution < 1.29 is 4.42 Å². The smallest absolute Gasteiger partial charge is 0.181 e. The molecule has 1 rings (SSSR count). The van der Waals surface area contributed by atoms with Gasteiger partial charge in [-0.1, -0.05) is 20.3 Å². The number of hydrogen-bond acceptors (Lipinski definition) is 3. The van der Waals surface area contributed by atoms with Gasteiger partial charge in [0.1, 0.15) is 5.76 Å². The highest BCUT2D eigenvalue weighted by atomic mass is 16.3. The van der Waals surface area contributed by atoms with Gasteiger partial charge in [0.2, 0.25) is 0 Å². The van der Waals surface area contributed by atoms with Crippen molar-refractivity contribution in [2.45, 2.75) is 45.6 Å². The van der Waals surface area contributed by atoms with Crippen LogP contribution in [0.2, 0.25) is 0 Å². The van der Waals surface area contributed by atoms with Crippen molar-refractivity contribution in [1.29, 1.82) is 0 Å². The maximum absolute atomic E-state index is 5.53. The van der Waals surface area contributed by atoms with E-state index in [1.54, 1.807) is 6.39 Å². The lowest BCUT2D eigenvalue weighted by Crippen LogP contribution is -2.13. The Morgan fingerprint density at radius 2 is 2.13 bits per heavy atom. The number of rotatable bonds is 6. The Morgan fingerprint density at radius 1 is 1.40 bits per heavy atom. The third-order valence-corrected chi connectivity index (χ3v) is 2.64. The molecular weight excluding hydrogens is 188 g/mol. The summed E-state index contributed by atoms with van der Waals surface area (Å²) in [6.07, 6.45) is 5.09. The molecule has 0 aliphatic heterocycles. The van der Waals surface area contributed by atoms with Gasteiger partial charge in [-0.15, -0.1) is 0 Å². The molecule has 0 bridgehead atoms. The molecule has 1 aromatic rings. The van der Waals surface area contributed by atoms with Crippen LogP contribution in [0.1, 0.15) is 50.5 Å². The van der Waals surface area contributed by atoms with Gasteiger partial charge >= 0.3 is 0 Å². The van der Waals surface area contributed by atoms with Crippen LogP contribution >= 0.6 is 0 Å². The number of aromatic nitrogens is 1. The summed E-state index contributed by atoms with van der Waals surface area (Å²) in [5.74, 6) is 1.63. The van der Waals surface area contributed by atoms with Crippen molar-refractivity contribution in [2.24, 2.45) is 0 Å². The van der Waals surface area contributed by atoms with Crippen LogP contribution in [0.15, 0.2) is 10.8 Å². The van der Waals surface area contributed by atoms with Crippen LogP contribution in [0, 0.1) is 0 Å². The van der Waals surface area contributed by atoms with Crippen molar-refractivity contribution in [3.8, 4) is 0 Å². The monoisotopic (exact) mass is 210 g/mol. The molecule has 0 spiro atoms. The summed E-state index contributed by atoms with van der Waals surface area (Å²) in [5.41, 5.74) is 1.10. The molecule has 3 nitrogen and oxygen atoms in total. The summed E-state index contributed by atoms with van der Waals surface area (Å²) in [6.45, 7) is 5.29. The molecule has 1 atom stereocenters. The maximum atomic E-state index is 5.53. The lowest BCUT2D eigenvalue weighted by atomic mass is 9.96. The summed E-state index contributed by atoms with van der Waals surface area (Å²) < 4.78 is 5.53. The molecule has 1 heterocycles. The Balaban J connectivity index is 2.77. The molecule has 15 heavy (non-hydrogen) atoms. The molecule has 0 amide bonds. The molecule has 0 saturated carbocycles. The second-order valence-electron chi connectivity index (χ2n) is 4.29. The number of hydrogen-bond donors (Lipinski definition) is 0. The Labute approximate surface area is 92.5 Å². The maximum Gasteiger partial charge on any atom is 0.181 e. The van der Waals surface area contributed by atoms with Crippen molar-refractivity contribution in [2.75, 3.05) is 14.1 Å². The van der Waals surface area contributed by atoms with E-state index in [9.17, 15) is 0 Å². The largest absolute Gasteiger partial charge is 0.448 e. The predicted octanol–water partition coefficient (Wildman–Crippen LogP) is 3.03. The fraction of sp³-hybridized carbons (Fsp3) is 0.750. The van der Waals surface area contributed by atoms with Crippen LogP contribution in [-0.2, 0) is 6.54 Å². The minimum Gasteiger partial charge on any atom is -0.448 e. The molecule has 3 heteroatoms. The van der Waals surface area contributed by atoms with Gasteiger partial charge in [-0.25, -0.2) is 4.98 Å². The van der Waals surface area contributed by atoms with Gasteiger partial charge in [0.25, 0.3) is 0 Å². The van der Waals surface area contributed by atoms with E-state index in [2.05, 4.69) is 37.8 Å². The van der Waals surface area contributed by atoms with Gasteiger partial charge < -0.3 is 9.32 Å². The molecule has 1 aromatic heterocycles. The molecule has 0 aromatic carbocycles. The second-order valence-corrected chi connectivity index (χ2v) is 4.29. The quantitative estimate of drug-likeness (QED) is 0.722. The first-order valence-corrected chi connectivity index (χ1v) is 5.76. The Kier molecular flexibility index (Phi) is 4.82. The topological polar surface area (TPSA) is 29.3 Å². The highest BCUT2D eigenvalue weighted by molar-refractivity contribution is 5.12. The van der Waals surface area contributed by atoms with E-state index in [-0.39, 0.29) is 0 Å². The first-order chi connectivity index (χ1) is 7.19. The summed E-state index contributed by atoms with van der Waals surface area (Å²) in [7, 11) is 4.11. The normalized spacial score (nSPS) is 13.4. The lowest BCUT2D eigenvalue weighted by Gasteiger charge is -2.14. The van der Waals surface area contributed by atoms with Crippen molar-refractivity contribution >= 4 is 0 Å². The second kappa shape index (κ2) is 5.91. The highest BCUT2D eigenvalue weighted by Gasteiger charge is 2.17. The zero-order valence-corrected chi connectivity index (χ0v) is 10.3. The van der Waals surface area contributed by atoms with E-state index in [1.165, 1.54) is 12.8 Å². The predicted molar refractivity (Wildman–Crippen MR) is 61.8 cm³/mol. The zero-order valence-electron chi connectivity index (χ0n) is 10.3. The van der Waals surface area contributed by atoms with E-state index in [4.69, 9.17) is 4.42 Å². The third kappa shape index (κ3) is 3.34. The molecular formula is C12H22N2O. The van der Waals surface area contributed by atoms with Gasteiger partial charge in [0, 0.05) is 12.5 Å². The average Bonchev–Trinajstić information content (AvgIpc) is 2.61. The summed E-state index contributed by atoms with van der Waals surface area (Å²) in [4.78, 5) is 6.42. The summed E-state index contributed by atoms with van der Waals surface area (Å²) >= 11 is 0. The summed E-state index contributed by atoms with van der Waals surface area (Å²) in [5, 5.41) is 0. The fourth-order valence-corrected chi connectivity index (χ4v) is 1.90. The first kappa shape index (κ1) is 12.2. The Bertz CT molecular complexity index is 281. The van der Waals surface area contributed by atoms with Crippen molar-refractivity contribution in [3.63, 3.8) is 0 Å². The van der Waals surface area contributed by atoms with E-state index < -0.39 is 0 Å². The third-order valence-electron chi connectivity index (χ3n) is 2.64. The van der Waals surface area contributed by atoms with Gasteiger partial charge in [0.05, 0.1) is 5.69 Å². The molecule has 0 fully saturated rings. The zero-order chi connectivity index (χ0) is 11.3. The van der Waals surface area contributed by atoms with Crippen LogP contribution in [0.25, 0.3) is 0 Å². The van der Waals surface area contributed by atoms with Crippen molar-refractivity contribution in [3.05, 3.63) is 17.8 Å². The molecule has 0 aliphatic carbocycles. The van der Waals surface area contributed by atoms with Crippen LogP contribution in [-0.4, -0.2) is 24.0 Å². The highest BCUT2D eigenvalue weighted by Crippen LogP contribution is 2.27. The molecule has 0 saturated heterocycles. The van der Waals surface area contributed by atoms with Gasteiger partial charge in [-0.2, -0.15) is 0 Å². The lowest BCUT2D eigenvalue weighted by molar-refractivity contribution is 0.380. The average molecular weight is 210 g/mol. The first-order valence-electron chi connectivity index (χ1n) is 5.76. The Morgan fingerprint density at radius 3 is 2.67 bits per heavy atom. The molecule has 0 N–H and O–H groups in total. The minimum absolute atomic E-state index is 0.535. The van der Waals surface area contributed by atoms with Crippen molar-refractivity contribution in [1.82, 2.24) is 9.88 Å². The SMILES string of the molecule is CCCC(CC)c1ocnc1CN(C)C. The van der Waals surface area contributed by atoms with Gasteiger partial charge in [-0.05, 0) is 26.9 Å². The number of nitrogens with zero attached hydrogens (tertiary/aromatic N) is 2. The summed E-state index contributed by atoms with van der Waals surface area (Å²) in [6, 6.07) is 0. The van der Waals surface area contributed by atoms with E-state index in [0.717, 1.165) is 24.4 Å². The van der Waals surface area contributed by atoms with E-state index in [0.29, 0.717) is 5.92 Å². The fourth-order valence-electron chi connectivity index (χ4n) is 1.90. The number of oxazole rings is 1. The minimum atomic E-state index is 0.535. The van der Waals surface area contributed by atoms with Gasteiger partial charge in [-0.3, -0.25) is 0 Å². The van der Waals surface area contributed by atoms with Gasteiger partial charge in [0.15, 0.2) is 6.39 Å². The molecule has 0 aliphatic rings. The van der Waals surface area contributed by atoms with Crippen LogP contribution in [0.3, 0.4) is 0 Å². The van der Waals surface area contributed by atoms with Crippen LogP contribution in [0.4, 0.5) is 0 Å². The van der Waals surface area contributed by atoms with E-state index >= 15 is 0 Å². The Hall–Kier alpha value is -0.830. The van der Waals surface area contributed by atoms with Crippen LogP contribution < -0.4 is 0 Å².